The first kappa shape index (κ1) is 10.4. The summed E-state index contributed by atoms with van der Waals surface area (Å²) in [5.74, 6) is -0.899. The van der Waals surface area contributed by atoms with Crippen LogP contribution in [0.15, 0.2) is 18.2 Å². The Kier molecular flexibility index (Phi) is 2.40. The van der Waals surface area contributed by atoms with Crippen molar-refractivity contribution >= 4 is 23.2 Å². The highest BCUT2D eigenvalue weighted by molar-refractivity contribution is 6.30. The third-order valence-corrected chi connectivity index (χ3v) is 2.66. The number of carbonyl (C=O) groups is 1. The monoisotopic (exact) mass is 228 g/mol. The fourth-order valence-corrected chi connectivity index (χ4v) is 1.36. The van der Waals surface area contributed by atoms with Crippen LogP contribution in [0.2, 0.25) is 5.02 Å². The van der Waals surface area contributed by atoms with E-state index in [1.165, 1.54) is 12.1 Å². The molecule has 0 bridgehead atoms. The Hall–Kier alpha value is -1.13. The van der Waals surface area contributed by atoms with Gasteiger partial charge in [0.05, 0.1) is 11.2 Å². The van der Waals surface area contributed by atoms with Crippen LogP contribution in [0.4, 0.5) is 10.1 Å². The zero-order valence-electron chi connectivity index (χ0n) is 7.89. The van der Waals surface area contributed by atoms with Gasteiger partial charge in [0, 0.05) is 5.02 Å². The lowest BCUT2D eigenvalue weighted by molar-refractivity contribution is -0.118. The normalized spacial score (nSPS) is 17.3. The molecule has 1 aromatic carbocycles. The van der Waals surface area contributed by atoms with Gasteiger partial charge in [-0.1, -0.05) is 11.6 Å². The summed E-state index contributed by atoms with van der Waals surface area (Å²) in [5, 5.41) is 2.73. The molecule has 0 heterocycles. The largest absolute Gasteiger partial charge is 0.322 e. The SMILES string of the molecule is NC1(C(=O)Nc2ccc(Cl)cc2F)CC1. The molecular weight excluding hydrogens is 219 g/mol. The highest BCUT2D eigenvalue weighted by Crippen LogP contribution is 2.33. The quantitative estimate of drug-likeness (QED) is 0.813. The first-order chi connectivity index (χ1) is 7.01. The minimum Gasteiger partial charge on any atom is -0.322 e. The maximum atomic E-state index is 13.3. The van der Waals surface area contributed by atoms with Crippen LogP contribution in [0.25, 0.3) is 0 Å². The number of halogens is 2. The van der Waals surface area contributed by atoms with E-state index in [1.807, 2.05) is 0 Å². The molecule has 5 heteroatoms. The van der Waals surface area contributed by atoms with Crippen LogP contribution in [0.5, 0.6) is 0 Å². The Morgan fingerprint density at radius 1 is 1.53 bits per heavy atom. The zero-order chi connectivity index (χ0) is 11.1. The smallest absolute Gasteiger partial charge is 0.244 e. The molecule has 1 fully saturated rings. The molecule has 1 aromatic rings. The van der Waals surface area contributed by atoms with Gasteiger partial charge in [0.1, 0.15) is 5.82 Å². The van der Waals surface area contributed by atoms with Gasteiger partial charge in [0.15, 0.2) is 0 Å². The van der Waals surface area contributed by atoms with E-state index in [-0.39, 0.29) is 11.6 Å². The minimum absolute atomic E-state index is 0.112. The maximum Gasteiger partial charge on any atom is 0.244 e. The van der Waals surface area contributed by atoms with E-state index < -0.39 is 11.4 Å². The Balaban J connectivity index is 2.14. The van der Waals surface area contributed by atoms with Crippen molar-refractivity contribution in [1.29, 1.82) is 0 Å². The van der Waals surface area contributed by atoms with Crippen molar-refractivity contribution in [1.82, 2.24) is 0 Å². The summed E-state index contributed by atoms with van der Waals surface area (Å²) in [6.07, 6.45) is 1.29. The molecule has 1 saturated carbocycles. The molecule has 1 amide bonds. The number of carbonyl (C=O) groups excluding carboxylic acids is 1. The van der Waals surface area contributed by atoms with Gasteiger partial charge in [-0.25, -0.2) is 4.39 Å². The van der Waals surface area contributed by atoms with Gasteiger partial charge in [0.25, 0.3) is 0 Å². The van der Waals surface area contributed by atoms with Crippen LogP contribution >= 0.6 is 11.6 Å². The fraction of sp³-hybridized carbons (Fsp3) is 0.300. The molecule has 0 aliphatic heterocycles. The van der Waals surface area contributed by atoms with Crippen molar-refractivity contribution in [3.05, 3.63) is 29.0 Å². The number of hydrogen-bond donors (Lipinski definition) is 2. The number of rotatable bonds is 2. The van der Waals surface area contributed by atoms with E-state index >= 15 is 0 Å². The van der Waals surface area contributed by atoms with Crippen molar-refractivity contribution in [3.63, 3.8) is 0 Å². The van der Waals surface area contributed by atoms with Crippen LogP contribution in [0.3, 0.4) is 0 Å². The predicted molar refractivity (Wildman–Crippen MR) is 56.2 cm³/mol. The number of nitrogens with one attached hydrogen (secondary N) is 1. The maximum absolute atomic E-state index is 13.3. The Labute approximate surface area is 91.4 Å². The van der Waals surface area contributed by atoms with Gasteiger partial charge in [-0.3, -0.25) is 4.79 Å². The molecule has 0 aromatic heterocycles. The Morgan fingerprint density at radius 3 is 2.73 bits per heavy atom. The summed E-state index contributed by atoms with van der Waals surface area (Å²) in [4.78, 5) is 11.5. The van der Waals surface area contributed by atoms with Crippen LogP contribution in [0.1, 0.15) is 12.8 Å². The van der Waals surface area contributed by atoms with Crippen molar-refractivity contribution in [3.8, 4) is 0 Å². The van der Waals surface area contributed by atoms with Crippen LogP contribution in [0, 0.1) is 5.82 Å². The van der Waals surface area contributed by atoms with Crippen molar-refractivity contribution in [2.24, 2.45) is 5.73 Å². The third kappa shape index (κ3) is 2.11. The van der Waals surface area contributed by atoms with Gasteiger partial charge in [-0.05, 0) is 31.0 Å². The molecular formula is C10H10ClFN2O. The molecule has 3 N–H and O–H groups in total. The van der Waals surface area contributed by atoms with E-state index in [4.69, 9.17) is 17.3 Å². The Bertz CT molecular complexity index is 418. The second-order valence-electron chi connectivity index (χ2n) is 3.73. The standard InChI is InChI=1S/C10H10ClFN2O/c11-6-1-2-8(7(12)5-6)14-9(15)10(13)3-4-10/h1-2,5H,3-4,13H2,(H,14,15). The minimum atomic E-state index is -0.800. The van der Waals surface area contributed by atoms with Crippen molar-refractivity contribution < 1.29 is 9.18 Å². The molecule has 80 valence electrons. The molecule has 0 saturated heterocycles. The highest BCUT2D eigenvalue weighted by Gasteiger charge is 2.46. The summed E-state index contributed by atoms with van der Waals surface area (Å²) in [6, 6.07) is 4.07. The van der Waals surface area contributed by atoms with Crippen LogP contribution in [-0.4, -0.2) is 11.4 Å². The average molecular weight is 229 g/mol. The van der Waals surface area contributed by atoms with E-state index in [1.54, 1.807) is 0 Å². The van der Waals surface area contributed by atoms with Gasteiger partial charge >= 0.3 is 0 Å². The summed E-state index contributed by atoms with van der Waals surface area (Å²) in [7, 11) is 0. The summed E-state index contributed by atoms with van der Waals surface area (Å²) < 4.78 is 13.3. The number of anilines is 1. The van der Waals surface area contributed by atoms with E-state index in [0.29, 0.717) is 17.9 Å². The topological polar surface area (TPSA) is 55.1 Å². The molecule has 1 aliphatic carbocycles. The molecule has 2 rings (SSSR count). The van der Waals surface area contributed by atoms with E-state index in [2.05, 4.69) is 5.32 Å². The van der Waals surface area contributed by atoms with Gasteiger partial charge in [-0.2, -0.15) is 0 Å². The third-order valence-electron chi connectivity index (χ3n) is 2.42. The molecule has 0 radical (unpaired) electrons. The lowest BCUT2D eigenvalue weighted by Gasteiger charge is -2.10. The number of amides is 1. The average Bonchev–Trinajstić information content (AvgIpc) is 2.90. The summed E-state index contributed by atoms with van der Waals surface area (Å²) >= 11 is 5.58. The van der Waals surface area contributed by atoms with Crippen LogP contribution < -0.4 is 11.1 Å². The summed E-state index contributed by atoms with van der Waals surface area (Å²) in [6.45, 7) is 0. The molecule has 15 heavy (non-hydrogen) atoms. The molecule has 0 atom stereocenters. The molecule has 0 unspecified atom stereocenters. The number of hydrogen-bond acceptors (Lipinski definition) is 2. The second-order valence-corrected chi connectivity index (χ2v) is 4.17. The Morgan fingerprint density at radius 2 is 2.20 bits per heavy atom. The van der Waals surface area contributed by atoms with Crippen LogP contribution in [-0.2, 0) is 4.79 Å². The predicted octanol–water partition coefficient (Wildman–Crippen LogP) is 1.91. The van der Waals surface area contributed by atoms with E-state index in [9.17, 15) is 9.18 Å². The zero-order valence-corrected chi connectivity index (χ0v) is 8.64. The van der Waals surface area contributed by atoms with Gasteiger partial charge < -0.3 is 11.1 Å². The second kappa shape index (κ2) is 3.47. The number of nitrogens with two attached hydrogens (primary N) is 1. The van der Waals surface area contributed by atoms with Gasteiger partial charge in [-0.15, -0.1) is 0 Å². The van der Waals surface area contributed by atoms with Crippen molar-refractivity contribution in [2.75, 3.05) is 5.32 Å². The highest BCUT2D eigenvalue weighted by atomic mass is 35.5. The number of benzene rings is 1. The lowest BCUT2D eigenvalue weighted by atomic mass is 10.2. The van der Waals surface area contributed by atoms with E-state index in [0.717, 1.165) is 6.07 Å². The summed E-state index contributed by atoms with van der Waals surface area (Å²) in [5.41, 5.74) is 4.97. The molecule has 0 spiro atoms. The first-order valence-corrected chi connectivity index (χ1v) is 4.94. The van der Waals surface area contributed by atoms with Crippen molar-refractivity contribution in [2.45, 2.75) is 18.4 Å². The van der Waals surface area contributed by atoms with Gasteiger partial charge in [0.2, 0.25) is 5.91 Å². The molecule has 1 aliphatic rings. The first-order valence-electron chi connectivity index (χ1n) is 4.57. The molecule has 3 nitrogen and oxygen atoms in total. The fourth-order valence-electron chi connectivity index (χ4n) is 1.20. The lowest BCUT2D eigenvalue weighted by Crippen LogP contribution is -2.38.